The summed E-state index contributed by atoms with van der Waals surface area (Å²) in [7, 11) is 3.12. The first-order valence-electron chi connectivity index (χ1n) is 5.38. The number of Topliss-reactive ketones (excluding diaryl/α,β-unsaturated/α-hetero) is 1. The molecule has 0 atom stereocenters. The van der Waals surface area contributed by atoms with Crippen molar-refractivity contribution in [2.24, 2.45) is 7.05 Å². The van der Waals surface area contributed by atoms with E-state index >= 15 is 0 Å². The van der Waals surface area contributed by atoms with Crippen LogP contribution in [0.5, 0.6) is 5.75 Å². The van der Waals surface area contributed by atoms with Crippen LogP contribution in [0.4, 0.5) is 0 Å². The van der Waals surface area contributed by atoms with Crippen LogP contribution < -0.4 is 4.74 Å². The number of hydrogen-bond acceptors (Lipinski definition) is 3. The number of hydrogen-bond donors (Lipinski definition) is 1. The molecule has 18 heavy (non-hydrogen) atoms. The monoisotopic (exact) mass is 247 g/mol. The molecule has 0 fully saturated rings. The van der Waals surface area contributed by atoms with Crippen molar-refractivity contribution in [2.45, 2.75) is 6.92 Å². The average molecular weight is 247 g/mol. The van der Waals surface area contributed by atoms with E-state index in [0.717, 1.165) is 0 Å². The fourth-order valence-electron chi connectivity index (χ4n) is 2.25. The Labute approximate surface area is 104 Å². The van der Waals surface area contributed by atoms with Gasteiger partial charge in [0.15, 0.2) is 5.78 Å². The summed E-state index contributed by atoms with van der Waals surface area (Å²) in [5.41, 5.74) is 0.823. The summed E-state index contributed by atoms with van der Waals surface area (Å²) in [5, 5.41) is 9.84. The van der Waals surface area contributed by atoms with Gasteiger partial charge in [-0.2, -0.15) is 0 Å². The smallest absolute Gasteiger partial charge is 0.353 e. The summed E-state index contributed by atoms with van der Waals surface area (Å²) in [6, 6.07) is 5.19. The van der Waals surface area contributed by atoms with Crippen LogP contribution in [0.3, 0.4) is 0 Å². The summed E-state index contributed by atoms with van der Waals surface area (Å²) in [5.74, 6) is -0.850. The summed E-state index contributed by atoms with van der Waals surface area (Å²) in [4.78, 5) is 23.0. The molecule has 94 valence electrons. The number of aryl methyl sites for hydroxylation is 1. The molecule has 0 aliphatic heterocycles. The molecule has 0 spiro atoms. The molecule has 0 bridgehead atoms. The molecule has 0 saturated heterocycles. The number of methoxy groups -OCH3 is 1. The Morgan fingerprint density at radius 1 is 1.33 bits per heavy atom. The molecule has 1 N–H and O–H groups in total. The fraction of sp³-hybridized carbons (Fsp3) is 0.231. The lowest BCUT2D eigenvalue weighted by Crippen LogP contribution is -2.09. The topological polar surface area (TPSA) is 68.5 Å². The SMILES string of the molecule is COc1cccc2c(C(C)=O)c(C(=O)O)n(C)c12. The van der Waals surface area contributed by atoms with E-state index in [1.54, 1.807) is 25.2 Å². The number of carbonyl (C=O) groups excluding carboxylic acids is 1. The number of benzene rings is 1. The Balaban J connectivity index is 3.01. The lowest BCUT2D eigenvalue weighted by molar-refractivity contribution is 0.0682. The van der Waals surface area contributed by atoms with Crippen LogP contribution >= 0.6 is 0 Å². The number of para-hydroxylation sites is 1. The van der Waals surface area contributed by atoms with Gasteiger partial charge in [0.2, 0.25) is 0 Å². The number of fused-ring (bicyclic) bond motifs is 1. The number of carbonyl (C=O) groups is 2. The second kappa shape index (κ2) is 4.18. The molecule has 0 radical (unpaired) electrons. The van der Waals surface area contributed by atoms with E-state index < -0.39 is 5.97 Å². The second-order valence-corrected chi connectivity index (χ2v) is 4.00. The van der Waals surface area contributed by atoms with Crippen molar-refractivity contribution < 1.29 is 19.4 Å². The van der Waals surface area contributed by atoms with E-state index in [1.165, 1.54) is 18.6 Å². The zero-order valence-corrected chi connectivity index (χ0v) is 10.4. The van der Waals surface area contributed by atoms with Gasteiger partial charge >= 0.3 is 5.97 Å². The number of carboxylic acid groups (broad SMARTS) is 1. The fourth-order valence-corrected chi connectivity index (χ4v) is 2.25. The van der Waals surface area contributed by atoms with Crippen molar-refractivity contribution in [2.75, 3.05) is 7.11 Å². The number of carboxylic acids is 1. The third kappa shape index (κ3) is 1.55. The number of ether oxygens (including phenoxy) is 1. The van der Waals surface area contributed by atoms with Crippen LogP contribution in [-0.4, -0.2) is 28.5 Å². The normalized spacial score (nSPS) is 10.6. The van der Waals surface area contributed by atoms with Crippen molar-refractivity contribution in [3.63, 3.8) is 0 Å². The minimum atomic E-state index is -1.12. The average Bonchev–Trinajstić information content (AvgIpc) is 2.63. The van der Waals surface area contributed by atoms with Gasteiger partial charge in [-0.05, 0) is 13.0 Å². The van der Waals surface area contributed by atoms with Gasteiger partial charge in [-0.25, -0.2) is 4.79 Å². The van der Waals surface area contributed by atoms with Crippen molar-refractivity contribution in [3.05, 3.63) is 29.5 Å². The largest absolute Gasteiger partial charge is 0.495 e. The van der Waals surface area contributed by atoms with E-state index in [0.29, 0.717) is 16.7 Å². The van der Waals surface area contributed by atoms with Crippen molar-refractivity contribution >= 4 is 22.7 Å². The van der Waals surface area contributed by atoms with Gasteiger partial charge in [0.1, 0.15) is 11.4 Å². The minimum absolute atomic E-state index is 0.0120. The maximum atomic E-state index is 11.7. The summed E-state index contributed by atoms with van der Waals surface area (Å²) in [6.07, 6.45) is 0. The Bertz CT molecular complexity index is 655. The highest BCUT2D eigenvalue weighted by molar-refractivity contribution is 6.15. The number of aromatic nitrogens is 1. The number of rotatable bonds is 3. The molecule has 2 aromatic rings. The van der Waals surface area contributed by atoms with Gasteiger partial charge in [0.25, 0.3) is 0 Å². The Morgan fingerprint density at radius 2 is 2.00 bits per heavy atom. The summed E-state index contributed by atoms with van der Waals surface area (Å²) < 4.78 is 6.69. The third-order valence-corrected chi connectivity index (χ3v) is 2.95. The molecule has 0 unspecified atom stereocenters. The van der Waals surface area contributed by atoms with E-state index in [1.807, 2.05) is 0 Å². The molecular weight excluding hydrogens is 234 g/mol. The van der Waals surface area contributed by atoms with E-state index in [4.69, 9.17) is 4.74 Å². The quantitative estimate of drug-likeness (QED) is 0.843. The van der Waals surface area contributed by atoms with Crippen LogP contribution in [0.2, 0.25) is 0 Å². The van der Waals surface area contributed by atoms with Crippen molar-refractivity contribution in [1.29, 1.82) is 0 Å². The Morgan fingerprint density at radius 3 is 2.50 bits per heavy atom. The first-order valence-corrected chi connectivity index (χ1v) is 5.38. The molecule has 5 heteroatoms. The van der Waals surface area contributed by atoms with Gasteiger partial charge in [0.05, 0.1) is 18.2 Å². The molecule has 0 saturated carbocycles. The lowest BCUT2D eigenvalue weighted by atomic mass is 10.1. The van der Waals surface area contributed by atoms with Crippen LogP contribution in [-0.2, 0) is 7.05 Å². The molecule has 1 aromatic carbocycles. The molecule has 1 aromatic heterocycles. The predicted molar refractivity (Wildman–Crippen MR) is 66.4 cm³/mol. The van der Waals surface area contributed by atoms with Crippen LogP contribution in [0, 0.1) is 0 Å². The number of aromatic carboxylic acids is 1. The van der Waals surface area contributed by atoms with Crippen LogP contribution in [0.25, 0.3) is 10.9 Å². The second-order valence-electron chi connectivity index (χ2n) is 4.00. The highest BCUT2D eigenvalue weighted by atomic mass is 16.5. The predicted octanol–water partition coefficient (Wildman–Crippen LogP) is 2.09. The number of ketones is 1. The molecule has 1 heterocycles. The minimum Gasteiger partial charge on any atom is -0.495 e. The van der Waals surface area contributed by atoms with Crippen molar-refractivity contribution in [1.82, 2.24) is 4.57 Å². The molecule has 5 nitrogen and oxygen atoms in total. The van der Waals surface area contributed by atoms with Gasteiger partial charge in [-0.1, -0.05) is 12.1 Å². The lowest BCUT2D eigenvalue weighted by Gasteiger charge is -2.04. The summed E-state index contributed by atoms with van der Waals surface area (Å²) >= 11 is 0. The third-order valence-electron chi connectivity index (χ3n) is 2.95. The summed E-state index contributed by atoms with van der Waals surface area (Å²) in [6.45, 7) is 1.36. The van der Waals surface area contributed by atoms with Crippen LogP contribution in [0.1, 0.15) is 27.8 Å². The molecule has 0 amide bonds. The first-order chi connectivity index (χ1) is 8.49. The Kier molecular flexibility index (Phi) is 2.82. The highest BCUT2D eigenvalue weighted by Crippen LogP contribution is 2.32. The van der Waals surface area contributed by atoms with E-state index in [9.17, 15) is 14.7 Å². The number of nitrogens with zero attached hydrogens (tertiary/aromatic N) is 1. The maximum Gasteiger partial charge on any atom is 0.353 e. The molecule has 2 rings (SSSR count). The zero-order chi connectivity index (χ0) is 13.4. The van der Waals surface area contributed by atoms with Crippen LogP contribution in [0.15, 0.2) is 18.2 Å². The molecule has 0 aliphatic carbocycles. The van der Waals surface area contributed by atoms with Gasteiger partial charge in [0, 0.05) is 12.4 Å². The highest BCUT2D eigenvalue weighted by Gasteiger charge is 2.24. The zero-order valence-electron chi connectivity index (χ0n) is 10.4. The van der Waals surface area contributed by atoms with E-state index in [2.05, 4.69) is 0 Å². The van der Waals surface area contributed by atoms with Gasteiger partial charge in [-0.15, -0.1) is 0 Å². The Hall–Kier alpha value is -2.30. The maximum absolute atomic E-state index is 11.7. The van der Waals surface area contributed by atoms with Gasteiger partial charge in [-0.3, -0.25) is 4.79 Å². The van der Waals surface area contributed by atoms with E-state index in [-0.39, 0.29) is 17.0 Å². The molecule has 0 aliphatic rings. The van der Waals surface area contributed by atoms with Crippen molar-refractivity contribution in [3.8, 4) is 5.75 Å². The molecular formula is C13H13NO4. The van der Waals surface area contributed by atoms with Gasteiger partial charge < -0.3 is 14.4 Å². The first kappa shape index (κ1) is 12.2. The standard InChI is InChI=1S/C13H13NO4/c1-7(15)10-8-5-4-6-9(18-3)11(8)14(2)12(10)13(16)17/h4-6H,1-3H3,(H,16,17).